The van der Waals surface area contributed by atoms with Crippen LogP contribution in [0.5, 0.6) is 5.75 Å². The fraction of sp³-hybridized carbons (Fsp3) is 0.522. The Kier molecular flexibility index (Phi) is 5.74. The van der Waals surface area contributed by atoms with Gasteiger partial charge in [-0.05, 0) is 63.4 Å². The molecule has 33 heavy (non-hydrogen) atoms. The Morgan fingerprint density at radius 2 is 1.97 bits per heavy atom. The first kappa shape index (κ1) is 22.1. The minimum Gasteiger partial charge on any atom is -0.467 e. The minimum absolute atomic E-state index is 0.0653. The highest BCUT2D eigenvalue weighted by molar-refractivity contribution is 5.85. The van der Waals surface area contributed by atoms with E-state index in [9.17, 15) is 13.2 Å². The molecule has 0 amide bonds. The minimum atomic E-state index is -4.48. The molecular formula is C23H26F3N5O2. The summed E-state index contributed by atoms with van der Waals surface area (Å²) in [5.74, 6) is 0.323. The van der Waals surface area contributed by atoms with E-state index in [-0.39, 0.29) is 24.5 Å². The van der Waals surface area contributed by atoms with E-state index in [1.165, 1.54) is 13.2 Å². The van der Waals surface area contributed by atoms with E-state index in [0.717, 1.165) is 67.6 Å². The number of likely N-dealkylation sites (N-methyl/N-ethyl adjacent to an activating group) is 1. The zero-order chi connectivity index (χ0) is 23.2. The predicted octanol–water partition coefficient (Wildman–Crippen LogP) is 4.64. The van der Waals surface area contributed by atoms with Gasteiger partial charge in [0.15, 0.2) is 12.4 Å². The molecule has 1 aromatic carbocycles. The third-order valence-electron chi connectivity index (χ3n) is 6.40. The van der Waals surface area contributed by atoms with Crippen molar-refractivity contribution in [3.05, 3.63) is 35.7 Å². The second-order valence-corrected chi connectivity index (χ2v) is 8.88. The van der Waals surface area contributed by atoms with Crippen LogP contribution >= 0.6 is 0 Å². The molecule has 5 rings (SSSR count). The first-order chi connectivity index (χ1) is 15.9. The van der Waals surface area contributed by atoms with Crippen molar-refractivity contribution in [3.8, 4) is 17.0 Å². The lowest BCUT2D eigenvalue weighted by Gasteiger charge is -2.30. The summed E-state index contributed by atoms with van der Waals surface area (Å²) < 4.78 is 52.6. The lowest BCUT2D eigenvalue weighted by Crippen LogP contribution is -2.33. The number of rotatable bonds is 6. The fourth-order valence-corrected chi connectivity index (χ4v) is 4.63. The lowest BCUT2D eigenvalue weighted by molar-refractivity contribution is -0.137. The van der Waals surface area contributed by atoms with Gasteiger partial charge >= 0.3 is 6.18 Å². The summed E-state index contributed by atoms with van der Waals surface area (Å²) in [4.78, 5) is 7.01. The number of aromatic nitrogens is 4. The zero-order valence-electron chi connectivity index (χ0n) is 18.6. The predicted molar refractivity (Wildman–Crippen MR) is 116 cm³/mol. The zero-order valence-corrected chi connectivity index (χ0v) is 18.6. The Morgan fingerprint density at radius 3 is 2.67 bits per heavy atom. The van der Waals surface area contributed by atoms with Crippen molar-refractivity contribution < 1.29 is 22.6 Å². The van der Waals surface area contributed by atoms with Crippen LogP contribution in [-0.2, 0) is 10.9 Å². The van der Waals surface area contributed by atoms with Gasteiger partial charge in [0, 0.05) is 30.8 Å². The van der Waals surface area contributed by atoms with E-state index >= 15 is 0 Å². The molecule has 1 aliphatic carbocycles. The summed E-state index contributed by atoms with van der Waals surface area (Å²) in [6.45, 7) is 1.82. The van der Waals surface area contributed by atoms with Crippen molar-refractivity contribution in [2.24, 2.45) is 0 Å². The monoisotopic (exact) mass is 461 g/mol. The van der Waals surface area contributed by atoms with Crippen LogP contribution in [0.1, 0.15) is 48.8 Å². The molecule has 0 spiro atoms. The summed E-state index contributed by atoms with van der Waals surface area (Å²) in [6.07, 6.45) is 1.47. The molecule has 0 bridgehead atoms. The molecule has 1 atom stereocenters. The average molecular weight is 461 g/mol. The second-order valence-electron chi connectivity index (χ2n) is 8.88. The molecule has 1 unspecified atom stereocenters. The van der Waals surface area contributed by atoms with Gasteiger partial charge < -0.3 is 18.9 Å². The number of hydrogen-bond donors (Lipinski definition) is 0. The highest BCUT2D eigenvalue weighted by Gasteiger charge is 2.35. The van der Waals surface area contributed by atoms with Crippen LogP contribution in [0.4, 0.5) is 13.2 Å². The maximum atomic E-state index is 13.3. The maximum absolute atomic E-state index is 13.3. The van der Waals surface area contributed by atoms with Gasteiger partial charge in [-0.1, -0.05) is 0 Å². The smallest absolute Gasteiger partial charge is 0.416 e. The van der Waals surface area contributed by atoms with Crippen LogP contribution in [-0.4, -0.2) is 58.7 Å². The number of methoxy groups -OCH3 is 1. The third-order valence-corrected chi connectivity index (χ3v) is 6.40. The number of fused-ring (bicyclic) bond motifs is 1. The number of alkyl halides is 3. The highest BCUT2D eigenvalue weighted by atomic mass is 19.4. The summed E-state index contributed by atoms with van der Waals surface area (Å²) in [7, 11) is 3.53. The van der Waals surface area contributed by atoms with Gasteiger partial charge in [0.05, 0.1) is 11.9 Å². The van der Waals surface area contributed by atoms with Gasteiger partial charge in [0.1, 0.15) is 17.0 Å². The number of likely N-dealkylation sites (tertiary alicyclic amines) is 1. The molecule has 7 nitrogen and oxygen atoms in total. The van der Waals surface area contributed by atoms with E-state index in [4.69, 9.17) is 14.5 Å². The molecule has 2 fully saturated rings. The Balaban J connectivity index is 1.62. The number of nitrogens with zero attached hydrogens (tertiary/aromatic N) is 5. The average Bonchev–Trinajstić information content (AvgIpc) is 3.54. The largest absolute Gasteiger partial charge is 0.467 e. The molecule has 0 N–H and O–H groups in total. The summed E-state index contributed by atoms with van der Waals surface area (Å²) in [6, 6.07) is 3.72. The van der Waals surface area contributed by atoms with E-state index in [2.05, 4.69) is 26.7 Å². The number of halogens is 3. The first-order valence-corrected chi connectivity index (χ1v) is 11.1. The SMILES string of the molecule is COCOc1cc(C(F)(F)F)ccc1-c1nnc2c(ncn2C2CCCN(C)C2)c1C1CC1. The normalized spacial score (nSPS) is 19.8. The Hall–Kier alpha value is -2.72. The Labute approximate surface area is 189 Å². The number of ether oxygens (including phenoxy) is 2. The van der Waals surface area contributed by atoms with Crippen molar-refractivity contribution >= 4 is 11.2 Å². The van der Waals surface area contributed by atoms with E-state index in [0.29, 0.717) is 11.3 Å². The quantitative estimate of drug-likeness (QED) is 0.499. The highest BCUT2D eigenvalue weighted by Crippen LogP contribution is 2.48. The van der Waals surface area contributed by atoms with Crippen molar-refractivity contribution in [2.75, 3.05) is 34.0 Å². The molecular weight excluding hydrogens is 435 g/mol. The standard InChI is InChI=1S/C23H26F3N5O2/c1-30-9-3-4-16(11-30)31-12-27-21-19(14-5-6-14)20(28-29-22(21)31)17-8-7-15(23(24,25)26)10-18(17)33-13-32-2/h7-8,10,12,14,16H,3-6,9,11,13H2,1-2H3. The van der Waals surface area contributed by atoms with E-state index in [1.807, 2.05) is 6.33 Å². The Bertz CT molecular complexity index is 1160. The van der Waals surface area contributed by atoms with Crippen molar-refractivity contribution in [2.45, 2.75) is 43.8 Å². The van der Waals surface area contributed by atoms with Gasteiger partial charge in [-0.3, -0.25) is 0 Å². The molecule has 2 aromatic heterocycles. The molecule has 3 aromatic rings. The molecule has 0 radical (unpaired) electrons. The fourth-order valence-electron chi connectivity index (χ4n) is 4.63. The van der Waals surface area contributed by atoms with Crippen LogP contribution in [0.25, 0.3) is 22.4 Å². The molecule has 1 saturated heterocycles. The molecule has 10 heteroatoms. The Morgan fingerprint density at radius 1 is 1.15 bits per heavy atom. The summed E-state index contributed by atoms with van der Waals surface area (Å²) in [5.41, 5.74) is 2.63. The van der Waals surface area contributed by atoms with Gasteiger partial charge in [-0.25, -0.2) is 4.98 Å². The molecule has 176 valence electrons. The van der Waals surface area contributed by atoms with Crippen LogP contribution in [0.2, 0.25) is 0 Å². The van der Waals surface area contributed by atoms with Crippen LogP contribution in [0, 0.1) is 0 Å². The van der Waals surface area contributed by atoms with Gasteiger partial charge in [-0.15, -0.1) is 10.2 Å². The second kappa shape index (κ2) is 8.57. The topological polar surface area (TPSA) is 65.3 Å². The van der Waals surface area contributed by atoms with Gasteiger partial charge in [-0.2, -0.15) is 13.2 Å². The third kappa shape index (κ3) is 4.29. The van der Waals surface area contributed by atoms with Crippen molar-refractivity contribution in [1.82, 2.24) is 24.6 Å². The van der Waals surface area contributed by atoms with Gasteiger partial charge in [0.2, 0.25) is 0 Å². The molecule has 1 saturated carbocycles. The number of piperidine rings is 1. The molecule has 3 heterocycles. The van der Waals surface area contributed by atoms with Crippen LogP contribution in [0.15, 0.2) is 24.5 Å². The van der Waals surface area contributed by atoms with E-state index < -0.39 is 11.7 Å². The van der Waals surface area contributed by atoms with Crippen molar-refractivity contribution in [3.63, 3.8) is 0 Å². The number of benzene rings is 1. The number of imidazole rings is 1. The first-order valence-electron chi connectivity index (χ1n) is 11.1. The van der Waals surface area contributed by atoms with E-state index in [1.54, 1.807) is 0 Å². The van der Waals surface area contributed by atoms with Gasteiger partial charge in [0.25, 0.3) is 0 Å². The molecule has 1 aliphatic heterocycles. The summed E-state index contributed by atoms with van der Waals surface area (Å²) in [5, 5.41) is 9.02. The lowest BCUT2D eigenvalue weighted by atomic mass is 9.99. The number of hydrogen-bond acceptors (Lipinski definition) is 6. The van der Waals surface area contributed by atoms with Crippen molar-refractivity contribution in [1.29, 1.82) is 0 Å². The maximum Gasteiger partial charge on any atom is 0.416 e. The van der Waals surface area contributed by atoms with Crippen LogP contribution < -0.4 is 4.74 Å². The summed E-state index contributed by atoms with van der Waals surface area (Å²) >= 11 is 0. The molecule has 2 aliphatic rings. The van der Waals surface area contributed by atoms with Crippen LogP contribution in [0.3, 0.4) is 0 Å².